The van der Waals surface area contributed by atoms with Crippen molar-refractivity contribution in [1.29, 1.82) is 0 Å². The minimum atomic E-state index is -2.23. The topological polar surface area (TPSA) is 50.3 Å². The molecule has 0 bridgehead atoms. The fraction of sp³-hybridized carbons (Fsp3) is 0.333. The molecule has 78 heavy (non-hydrogen) atoms. The van der Waals surface area contributed by atoms with Gasteiger partial charge in [-0.05, 0) is 204 Å². The molecule has 0 saturated heterocycles. The van der Waals surface area contributed by atoms with Crippen LogP contribution >= 0.6 is 0 Å². The Hall–Kier alpha value is -7.44. The summed E-state index contributed by atoms with van der Waals surface area (Å²) in [6, 6.07) is 26.8. The van der Waals surface area contributed by atoms with Gasteiger partial charge in [0.05, 0.1) is 33.8 Å². The first-order valence-corrected chi connectivity index (χ1v) is 27.2. The van der Waals surface area contributed by atoms with Crippen LogP contribution in [0.2, 0.25) is 0 Å². The second-order valence-corrected chi connectivity index (χ2v) is 22.1. The molecule has 1 saturated carbocycles. The fourth-order valence-corrected chi connectivity index (χ4v) is 12.8. The Morgan fingerprint density at radius 3 is 1.31 bits per heavy atom. The van der Waals surface area contributed by atoms with Crippen LogP contribution in [0.15, 0.2) is 104 Å². The summed E-state index contributed by atoms with van der Waals surface area (Å²) in [5, 5.41) is 0. The number of fused-ring (bicyclic) bond motifs is 9. The Labute approximate surface area is 487 Å². The quantitative estimate of drug-likeness (QED) is 0.165. The Morgan fingerprint density at radius 1 is 0.410 bits per heavy atom. The first kappa shape index (κ1) is 36.6. The number of hydrogen-bond acceptors (Lipinski definition) is 3. The van der Waals surface area contributed by atoms with Crippen molar-refractivity contribution in [3.05, 3.63) is 210 Å². The Bertz CT molecular complexity index is 4560. The van der Waals surface area contributed by atoms with Crippen LogP contribution in [0.1, 0.15) is 166 Å². The van der Waals surface area contributed by atoms with Crippen molar-refractivity contribution in [2.24, 2.45) is 21.1 Å². The molecule has 9 aromatic rings. The van der Waals surface area contributed by atoms with Gasteiger partial charge in [-0.1, -0.05) is 55.7 Å². The monoisotopic (exact) mass is 1040 g/mol. The maximum absolute atomic E-state index is 9.14. The lowest BCUT2D eigenvalue weighted by molar-refractivity contribution is -0.660. The molecule has 0 atom stereocenters. The number of benzene rings is 3. The number of aryl methyl sites for hydroxylation is 15. The standard InChI is InChI=1S/C27H31N2.C23H25N2.C22H23N2/c1-17-10-11-22-23(16-24-26(22)18(2)14-19(3)28-24)27(17)25-15-21(12-13-29(25)4)20-8-6-5-7-9-20;1-13-7-8-18-19(11-20-22(18)15(3)9-17(5)24-20)23(13)21-10-14(2)16(4)12-25(21)6;1-13-6-9-20(24(5)12-13)22-14(2)7-8-17-18(22)11-19-21(17)15(3)10-16(4)23-19/h10-15,20H,5-9,16H2,1-4H3;7-10,12H,11H2,1-6H3;6-10,12H,11H2,1-5H3/q3*+1/i2D3,20D;3D3,4D3;1D3,3D3. The van der Waals surface area contributed by atoms with E-state index in [0.717, 1.165) is 143 Å². The molecule has 0 radical (unpaired) electrons. The van der Waals surface area contributed by atoms with E-state index in [2.05, 4.69) is 51.9 Å². The van der Waals surface area contributed by atoms with E-state index in [4.69, 9.17) is 26.9 Å². The molecule has 1 fully saturated rings. The van der Waals surface area contributed by atoms with E-state index < -0.39 is 40.2 Å². The van der Waals surface area contributed by atoms with E-state index in [1.807, 2.05) is 108 Å². The van der Waals surface area contributed by atoms with Crippen molar-refractivity contribution in [2.75, 3.05) is 0 Å². The highest BCUT2D eigenvalue weighted by atomic mass is 14.9. The van der Waals surface area contributed by atoms with Crippen molar-refractivity contribution in [3.8, 4) is 67.2 Å². The normalized spacial score (nSPS) is 17.9. The van der Waals surface area contributed by atoms with Gasteiger partial charge in [-0.25, -0.2) is 13.7 Å². The van der Waals surface area contributed by atoms with Gasteiger partial charge in [0.15, 0.2) is 18.6 Å². The van der Waals surface area contributed by atoms with Gasteiger partial charge < -0.3 is 0 Å². The molecule has 6 heterocycles. The minimum Gasteiger partial charge on any atom is -0.257 e. The van der Waals surface area contributed by atoms with E-state index in [0.29, 0.717) is 69.6 Å². The molecule has 0 amide bonds. The highest BCUT2D eigenvalue weighted by molar-refractivity contribution is 5.88. The lowest BCUT2D eigenvalue weighted by Crippen LogP contribution is -2.32. The third-order valence-electron chi connectivity index (χ3n) is 16.5. The van der Waals surface area contributed by atoms with Crippen LogP contribution in [0.25, 0.3) is 67.2 Å². The molecule has 0 aliphatic heterocycles. The van der Waals surface area contributed by atoms with Crippen LogP contribution in [0, 0.1) is 82.7 Å². The van der Waals surface area contributed by atoms with E-state index in [-0.39, 0.29) is 5.56 Å². The molecule has 13 rings (SSSR count). The van der Waals surface area contributed by atoms with Crippen LogP contribution in [-0.4, -0.2) is 15.0 Å². The van der Waals surface area contributed by atoms with E-state index >= 15 is 0 Å². The van der Waals surface area contributed by atoms with Crippen LogP contribution < -0.4 is 13.7 Å². The third kappa shape index (κ3) is 9.49. The highest BCUT2D eigenvalue weighted by Gasteiger charge is 2.32. The second-order valence-electron chi connectivity index (χ2n) is 22.1. The molecule has 6 nitrogen and oxygen atoms in total. The van der Waals surface area contributed by atoms with E-state index in [1.54, 1.807) is 36.7 Å². The number of aromatic nitrogens is 6. The highest BCUT2D eigenvalue weighted by Crippen LogP contribution is 2.47. The first-order chi connectivity index (χ1) is 43.7. The summed E-state index contributed by atoms with van der Waals surface area (Å²) >= 11 is 0. The van der Waals surface area contributed by atoms with Gasteiger partial charge >= 0.3 is 0 Å². The van der Waals surface area contributed by atoms with Crippen LogP contribution in [0.3, 0.4) is 0 Å². The van der Waals surface area contributed by atoms with Crippen LogP contribution in [0.5, 0.6) is 0 Å². The molecule has 394 valence electrons. The maximum atomic E-state index is 9.14. The molecule has 0 spiro atoms. The predicted molar refractivity (Wildman–Crippen MR) is 320 cm³/mol. The molecular weight excluding hydrogens is 949 g/mol. The van der Waals surface area contributed by atoms with Crippen molar-refractivity contribution in [2.45, 2.75) is 140 Å². The maximum Gasteiger partial charge on any atom is 0.213 e. The predicted octanol–water partition coefficient (Wildman–Crippen LogP) is 15.2. The summed E-state index contributed by atoms with van der Waals surface area (Å²) < 4.78 is 134. The summed E-state index contributed by atoms with van der Waals surface area (Å²) in [6.07, 6.45) is 12.4. The zero-order chi connectivity index (χ0) is 68.4. The van der Waals surface area contributed by atoms with Crippen LogP contribution in [0.4, 0.5) is 0 Å². The molecule has 6 aromatic heterocycles. The van der Waals surface area contributed by atoms with Gasteiger partial charge in [0.1, 0.15) is 21.1 Å². The van der Waals surface area contributed by atoms with Gasteiger partial charge in [0.2, 0.25) is 17.1 Å². The van der Waals surface area contributed by atoms with E-state index in [9.17, 15) is 0 Å². The fourth-order valence-electron chi connectivity index (χ4n) is 12.8. The molecule has 3 aromatic carbocycles. The number of nitrogens with zero attached hydrogens (tertiary/aromatic N) is 6. The number of pyridine rings is 6. The lowest BCUT2D eigenvalue weighted by atomic mass is 9.83. The third-order valence-corrected chi connectivity index (χ3v) is 16.5. The molecule has 4 aliphatic carbocycles. The lowest BCUT2D eigenvalue weighted by Gasteiger charge is -2.22. The molecule has 6 heteroatoms. The van der Waals surface area contributed by atoms with Gasteiger partial charge in [0, 0.05) is 110 Å². The van der Waals surface area contributed by atoms with Crippen molar-refractivity contribution >= 4 is 0 Å². The molecule has 0 unspecified atom stereocenters. The zero-order valence-electron chi connectivity index (χ0n) is 62.7. The van der Waals surface area contributed by atoms with Gasteiger partial charge in [0.25, 0.3) is 0 Å². The van der Waals surface area contributed by atoms with Gasteiger partial charge in [-0.3, -0.25) is 15.0 Å². The number of hydrogen-bond donors (Lipinski definition) is 0. The summed E-state index contributed by atoms with van der Waals surface area (Å²) in [7, 11) is 5.73. The largest absolute Gasteiger partial charge is 0.257 e. The SMILES string of the molecule is [2H]C([2H])([2H])c1c[n+](C)c(-c2c(C)ccc3c2Cc2nc(C)cc(C([2H])([2H])[2H])c2-3)cc1C.[2H]C([2H])([2H])c1cc(C)nc2c1-c1ccc(C)c(-c3cc(C4([2H])CCCCC4)cc[n+]3C)c1C2.[2H]C([2H])([2H])c1ccc(-c2c(C)ccc3c2Cc2nc(C)cc(C([2H])([2H])[2H])c2-3)[n+](C)c1. The zero-order valence-corrected chi connectivity index (χ0v) is 46.7. The Morgan fingerprint density at radius 2 is 0.859 bits per heavy atom. The summed E-state index contributed by atoms with van der Waals surface area (Å²) in [5.41, 5.74) is 25.5. The minimum absolute atomic E-state index is 0.282. The summed E-state index contributed by atoms with van der Waals surface area (Å²) in [6.45, 7) is 2.48. The average Bonchev–Trinajstić information content (AvgIpc) is 1.58. The Balaban J connectivity index is 0.000000144. The molecule has 4 aliphatic rings. The average molecular weight is 1040 g/mol. The summed E-state index contributed by atoms with van der Waals surface area (Å²) in [4.78, 5) is 14.1. The van der Waals surface area contributed by atoms with Crippen molar-refractivity contribution in [3.63, 3.8) is 0 Å². The number of rotatable bonds is 4. The van der Waals surface area contributed by atoms with Crippen molar-refractivity contribution < 1.29 is 35.6 Å². The van der Waals surface area contributed by atoms with E-state index in [1.165, 1.54) is 6.42 Å². The molecular formula is C72H79N6+3. The van der Waals surface area contributed by atoms with Gasteiger partial charge in [-0.2, -0.15) is 0 Å². The Kier molecular flexibility index (Phi) is 9.74. The molecule has 0 N–H and O–H groups in total. The first-order valence-electron chi connectivity index (χ1n) is 35.2. The smallest absolute Gasteiger partial charge is 0.213 e. The van der Waals surface area contributed by atoms with Crippen molar-refractivity contribution in [1.82, 2.24) is 15.0 Å². The summed E-state index contributed by atoms with van der Waals surface area (Å²) in [5.74, 6) is -0.525. The van der Waals surface area contributed by atoms with Gasteiger partial charge in [-0.15, -0.1) is 0 Å². The van der Waals surface area contributed by atoms with Crippen LogP contribution in [-0.2, 0) is 40.4 Å². The second kappa shape index (κ2) is 20.7.